The summed E-state index contributed by atoms with van der Waals surface area (Å²) in [6, 6.07) is 1.80. The van der Waals surface area contributed by atoms with Crippen molar-refractivity contribution in [2.45, 2.75) is 19.8 Å². The molecule has 0 radical (unpaired) electrons. The molecule has 0 amide bonds. The molecule has 0 bridgehead atoms. The zero-order valence-corrected chi connectivity index (χ0v) is 10.4. The molecule has 1 N–H and O–H groups in total. The van der Waals surface area contributed by atoms with E-state index in [2.05, 4.69) is 14.9 Å². The van der Waals surface area contributed by atoms with Crippen LogP contribution < -0.4 is 9.64 Å². The van der Waals surface area contributed by atoms with Crippen LogP contribution in [0, 0.1) is 5.92 Å². The molecule has 1 saturated heterocycles. The van der Waals surface area contributed by atoms with Crippen LogP contribution in [0.3, 0.4) is 0 Å². The van der Waals surface area contributed by atoms with Crippen LogP contribution in [0.5, 0.6) is 5.88 Å². The molecule has 1 fully saturated rings. The Morgan fingerprint density at radius 2 is 2.44 bits per heavy atom. The first-order valence-electron chi connectivity index (χ1n) is 6.10. The molecule has 18 heavy (non-hydrogen) atoms. The Kier molecular flexibility index (Phi) is 3.96. The number of rotatable bonds is 5. The van der Waals surface area contributed by atoms with Crippen LogP contribution in [-0.2, 0) is 4.79 Å². The van der Waals surface area contributed by atoms with Gasteiger partial charge >= 0.3 is 5.97 Å². The van der Waals surface area contributed by atoms with Gasteiger partial charge in [0, 0.05) is 25.6 Å². The Labute approximate surface area is 106 Å². The quantitative estimate of drug-likeness (QED) is 0.846. The van der Waals surface area contributed by atoms with Gasteiger partial charge in [-0.15, -0.1) is 0 Å². The molecule has 1 aromatic heterocycles. The van der Waals surface area contributed by atoms with E-state index in [1.807, 2.05) is 6.92 Å². The Balaban J connectivity index is 2.00. The maximum atomic E-state index is 10.7. The number of aliphatic carboxylic acids is 1. The number of hydrogen-bond donors (Lipinski definition) is 1. The number of carboxylic acid groups (broad SMARTS) is 1. The normalized spacial score (nSPS) is 18.9. The van der Waals surface area contributed by atoms with Gasteiger partial charge in [-0.05, 0) is 19.3 Å². The molecular formula is C12H17N3O3. The van der Waals surface area contributed by atoms with Gasteiger partial charge in [0.05, 0.1) is 6.61 Å². The van der Waals surface area contributed by atoms with E-state index in [0.29, 0.717) is 12.5 Å². The third kappa shape index (κ3) is 3.09. The van der Waals surface area contributed by atoms with Crippen LogP contribution in [-0.4, -0.2) is 40.7 Å². The van der Waals surface area contributed by atoms with Gasteiger partial charge in [-0.2, -0.15) is 0 Å². The number of ether oxygens (including phenoxy) is 1. The first kappa shape index (κ1) is 12.6. The van der Waals surface area contributed by atoms with Crippen molar-refractivity contribution in [1.29, 1.82) is 0 Å². The Hall–Kier alpha value is -1.85. The Morgan fingerprint density at radius 1 is 1.61 bits per heavy atom. The highest BCUT2D eigenvalue weighted by molar-refractivity contribution is 5.67. The first-order valence-corrected chi connectivity index (χ1v) is 6.10. The van der Waals surface area contributed by atoms with Crippen LogP contribution in [0.25, 0.3) is 0 Å². The molecule has 1 atom stereocenters. The molecule has 0 saturated carbocycles. The second kappa shape index (κ2) is 5.66. The van der Waals surface area contributed by atoms with Crippen molar-refractivity contribution < 1.29 is 14.6 Å². The minimum atomic E-state index is -0.737. The lowest BCUT2D eigenvalue weighted by Gasteiger charge is -2.17. The molecule has 1 unspecified atom stereocenters. The lowest BCUT2D eigenvalue weighted by Crippen LogP contribution is -2.21. The lowest BCUT2D eigenvalue weighted by atomic mass is 10.1. The minimum absolute atomic E-state index is 0.202. The maximum absolute atomic E-state index is 10.7. The van der Waals surface area contributed by atoms with Gasteiger partial charge in [-0.25, -0.2) is 9.97 Å². The highest BCUT2D eigenvalue weighted by Crippen LogP contribution is 2.25. The smallest absolute Gasteiger partial charge is 0.303 e. The maximum Gasteiger partial charge on any atom is 0.303 e. The van der Waals surface area contributed by atoms with Crippen molar-refractivity contribution in [2.75, 3.05) is 24.6 Å². The number of carbonyl (C=O) groups is 1. The molecule has 1 aromatic rings. The molecule has 2 heterocycles. The summed E-state index contributed by atoms with van der Waals surface area (Å²) in [6.07, 6.45) is 2.59. The summed E-state index contributed by atoms with van der Waals surface area (Å²) in [5.41, 5.74) is 0. The molecule has 0 spiro atoms. The summed E-state index contributed by atoms with van der Waals surface area (Å²) in [5.74, 6) is 0.832. The van der Waals surface area contributed by atoms with Crippen molar-refractivity contribution in [3.63, 3.8) is 0 Å². The van der Waals surface area contributed by atoms with E-state index in [0.717, 1.165) is 25.3 Å². The standard InChI is InChI=1S/C12H17N3O3/c1-2-18-11-6-10(13-8-14-11)15-4-3-9(7-15)5-12(16)17/h6,8-9H,2-5,7H2,1H3,(H,16,17). The highest BCUT2D eigenvalue weighted by atomic mass is 16.5. The van der Waals surface area contributed by atoms with Crippen LogP contribution in [0.2, 0.25) is 0 Å². The van der Waals surface area contributed by atoms with E-state index in [4.69, 9.17) is 9.84 Å². The van der Waals surface area contributed by atoms with Crippen LogP contribution in [0.4, 0.5) is 5.82 Å². The van der Waals surface area contributed by atoms with Crippen LogP contribution in [0.15, 0.2) is 12.4 Å². The summed E-state index contributed by atoms with van der Waals surface area (Å²) in [6.45, 7) is 4.04. The van der Waals surface area contributed by atoms with E-state index in [1.54, 1.807) is 6.07 Å². The first-order chi connectivity index (χ1) is 8.69. The Bertz CT molecular complexity index is 425. The molecule has 0 aromatic carbocycles. The second-order valence-electron chi connectivity index (χ2n) is 4.35. The van der Waals surface area contributed by atoms with Crippen LogP contribution in [0.1, 0.15) is 19.8 Å². The third-order valence-corrected chi connectivity index (χ3v) is 2.99. The molecular weight excluding hydrogens is 234 g/mol. The summed E-state index contributed by atoms with van der Waals surface area (Å²) >= 11 is 0. The lowest BCUT2D eigenvalue weighted by molar-refractivity contribution is -0.137. The van der Waals surface area contributed by atoms with E-state index in [-0.39, 0.29) is 12.3 Å². The van der Waals surface area contributed by atoms with E-state index >= 15 is 0 Å². The van der Waals surface area contributed by atoms with Gasteiger partial charge in [-0.3, -0.25) is 4.79 Å². The van der Waals surface area contributed by atoms with Crippen molar-refractivity contribution in [3.05, 3.63) is 12.4 Å². The molecule has 1 aliphatic rings. The van der Waals surface area contributed by atoms with E-state index < -0.39 is 5.97 Å². The van der Waals surface area contributed by atoms with Gasteiger partial charge < -0.3 is 14.7 Å². The molecule has 1 aliphatic heterocycles. The SMILES string of the molecule is CCOc1cc(N2CCC(CC(=O)O)C2)ncn1. The highest BCUT2D eigenvalue weighted by Gasteiger charge is 2.25. The largest absolute Gasteiger partial charge is 0.481 e. The fraction of sp³-hybridized carbons (Fsp3) is 0.583. The number of nitrogens with zero attached hydrogens (tertiary/aromatic N) is 3. The van der Waals surface area contributed by atoms with Crippen molar-refractivity contribution in [3.8, 4) is 5.88 Å². The van der Waals surface area contributed by atoms with E-state index in [1.165, 1.54) is 6.33 Å². The average Bonchev–Trinajstić information content (AvgIpc) is 2.77. The van der Waals surface area contributed by atoms with Gasteiger partial charge in [0.15, 0.2) is 0 Å². The average molecular weight is 251 g/mol. The summed E-state index contributed by atoms with van der Waals surface area (Å²) in [5, 5.41) is 8.78. The summed E-state index contributed by atoms with van der Waals surface area (Å²) < 4.78 is 5.33. The number of anilines is 1. The van der Waals surface area contributed by atoms with Gasteiger partial charge in [0.25, 0.3) is 0 Å². The number of aromatic nitrogens is 2. The van der Waals surface area contributed by atoms with Crippen LogP contribution >= 0.6 is 0 Å². The molecule has 98 valence electrons. The number of hydrogen-bond acceptors (Lipinski definition) is 5. The minimum Gasteiger partial charge on any atom is -0.481 e. The number of carboxylic acids is 1. The van der Waals surface area contributed by atoms with Crippen molar-refractivity contribution in [2.24, 2.45) is 5.92 Å². The zero-order chi connectivity index (χ0) is 13.0. The second-order valence-corrected chi connectivity index (χ2v) is 4.35. The van der Waals surface area contributed by atoms with Crippen molar-refractivity contribution in [1.82, 2.24) is 9.97 Å². The predicted molar refractivity (Wildman–Crippen MR) is 65.8 cm³/mol. The fourth-order valence-corrected chi connectivity index (χ4v) is 2.18. The molecule has 6 heteroatoms. The van der Waals surface area contributed by atoms with Crippen molar-refractivity contribution >= 4 is 11.8 Å². The molecule has 2 rings (SSSR count). The topological polar surface area (TPSA) is 75.5 Å². The van der Waals surface area contributed by atoms with E-state index in [9.17, 15) is 4.79 Å². The van der Waals surface area contributed by atoms with Gasteiger partial charge in [-0.1, -0.05) is 0 Å². The van der Waals surface area contributed by atoms with Gasteiger partial charge in [0.1, 0.15) is 12.1 Å². The van der Waals surface area contributed by atoms with Gasteiger partial charge in [0.2, 0.25) is 5.88 Å². The Morgan fingerprint density at radius 3 is 3.17 bits per heavy atom. The third-order valence-electron chi connectivity index (χ3n) is 2.99. The summed E-state index contributed by atoms with van der Waals surface area (Å²) in [7, 11) is 0. The zero-order valence-electron chi connectivity index (χ0n) is 10.4. The molecule has 0 aliphatic carbocycles. The molecule has 6 nitrogen and oxygen atoms in total. The predicted octanol–water partition coefficient (Wildman–Crippen LogP) is 1.18. The monoisotopic (exact) mass is 251 g/mol. The summed E-state index contributed by atoms with van der Waals surface area (Å²) in [4.78, 5) is 21.0. The fourth-order valence-electron chi connectivity index (χ4n) is 2.18.